The second-order valence-corrected chi connectivity index (χ2v) is 8.72. The Labute approximate surface area is 203 Å². The highest BCUT2D eigenvalue weighted by molar-refractivity contribution is 6.16. The van der Waals surface area contributed by atoms with Crippen molar-refractivity contribution in [3.05, 3.63) is 69.8 Å². The first kappa shape index (κ1) is 24.1. The van der Waals surface area contributed by atoms with Crippen molar-refractivity contribution in [2.45, 2.75) is 44.8 Å². The summed E-state index contributed by atoms with van der Waals surface area (Å²) in [6.07, 6.45) is 6.37. The van der Waals surface area contributed by atoms with E-state index in [4.69, 9.17) is 26.9 Å². The number of fused-ring (bicyclic) bond motifs is 3. The molecule has 2 heterocycles. The Bertz CT molecular complexity index is 1280. The fourth-order valence-corrected chi connectivity index (χ4v) is 4.20. The van der Waals surface area contributed by atoms with E-state index in [0.717, 1.165) is 19.3 Å². The molecular formula is C26H29FN6O2. The van der Waals surface area contributed by atoms with E-state index in [2.05, 4.69) is 9.98 Å². The molecular weight excluding hydrogens is 447 g/mol. The summed E-state index contributed by atoms with van der Waals surface area (Å²) in [5.74, 6) is 0.0641. The highest BCUT2D eigenvalue weighted by atomic mass is 19.1. The van der Waals surface area contributed by atoms with Gasteiger partial charge in [0.05, 0.1) is 17.5 Å². The number of anilines is 1. The minimum Gasteiger partial charge on any atom is -0.482 e. The van der Waals surface area contributed by atoms with Gasteiger partial charge in [-0.25, -0.2) is 9.37 Å². The minimum absolute atomic E-state index is 0.0296. The molecule has 0 amide bonds. The molecule has 0 spiro atoms. The van der Waals surface area contributed by atoms with Crippen LogP contribution in [0, 0.1) is 5.82 Å². The Morgan fingerprint density at radius 1 is 1.26 bits per heavy atom. The van der Waals surface area contributed by atoms with Crippen LogP contribution in [0.2, 0.25) is 0 Å². The number of carbonyl (C=O) groups excluding carboxylic acids is 1. The summed E-state index contributed by atoms with van der Waals surface area (Å²) in [5, 5.41) is 0. The molecule has 2 aromatic rings. The second-order valence-electron chi connectivity index (χ2n) is 8.72. The molecule has 4 rings (SSSR count). The molecule has 35 heavy (non-hydrogen) atoms. The van der Waals surface area contributed by atoms with E-state index < -0.39 is 11.9 Å². The number of nitrogens with two attached hydrogens (primary N) is 3. The number of pyridine rings is 1. The smallest absolute Gasteiger partial charge is 0.166 e. The Kier molecular flexibility index (Phi) is 6.95. The molecule has 1 atom stereocenters. The van der Waals surface area contributed by atoms with Gasteiger partial charge in [0.25, 0.3) is 0 Å². The Hall–Kier alpha value is -4.01. The summed E-state index contributed by atoms with van der Waals surface area (Å²) in [7, 11) is 1.62. The van der Waals surface area contributed by atoms with Crippen LogP contribution in [-0.4, -0.2) is 36.3 Å². The van der Waals surface area contributed by atoms with Gasteiger partial charge in [-0.05, 0) is 56.0 Å². The molecule has 1 aliphatic carbocycles. The lowest BCUT2D eigenvalue weighted by Gasteiger charge is -2.26. The maximum atomic E-state index is 14.3. The number of hydrogen-bond acceptors (Lipinski definition) is 8. The van der Waals surface area contributed by atoms with Crippen molar-refractivity contribution in [2.75, 3.05) is 12.8 Å². The van der Waals surface area contributed by atoms with Gasteiger partial charge in [0, 0.05) is 53.8 Å². The molecule has 9 heteroatoms. The topological polar surface area (TPSA) is 142 Å². The van der Waals surface area contributed by atoms with E-state index >= 15 is 0 Å². The Morgan fingerprint density at radius 2 is 2.03 bits per heavy atom. The summed E-state index contributed by atoms with van der Waals surface area (Å²) in [4.78, 5) is 25.3. The van der Waals surface area contributed by atoms with Gasteiger partial charge in [0.1, 0.15) is 11.9 Å². The zero-order valence-corrected chi connectivity index (χ0v) is 19.8. The first-order valence-electron chi connectivity index (χ1n) is 11.5. The van der Waals surface area contributed by atoms with E-state index in [-0.39, 0.29) is 24.0 Å². The Morgan fingerprint density at radius 3 is 2.69 bits per heavy atom. The minimum atomic E-state index is -0.597. The number of benzene rings is 1. The maximum absolute atomic E-state index is 14.3. The average molecular weight is 477 g/mol. The molecule has 1 aromatic heterocycles. The third kappa shape index (κ3) is 4.94. The molecule has 1 aromatic carbocycles. The van der Waals surface area contributed by atoms with Gasteiger partial charge in [0.2, 0.25) is 0 Å². The molecule has 0 radical (unpaired) electrons. The fourth-order valence-electron chi connectivity index (χ4n) is 4.20. The number of allylic oxidation sites excluding steroid dienone is 3. The molecule has 8 nitrogen and oxygen atoms in total. The molecule has 2 bridgehead atoms. The van der Waals surface area contributed by atoms with Crippen molar-refractivity contribution in [1.82, 2.24) is 4.98 Å². The van der Waals surface area contributed by atoms with Crippen molar-refractivity contribution in [1.29, 1.82) is 0 Å². The highest BCUT2D eigenvalue weighted by Gasteiger charge is 2.25. The monoisotopic (exact) mass is 476 g/mol. The van der Waals surface area contributed by atoms with Gasteiger partial charge in [0.15, 0.2) is 17.9 Å². The Balaban J connectivity index is 2.04. The molecule has 6 N–H and O–H groups in total. The summed E-state index contributed by atoms with van der Waals surface area (Å²) in [6, 6.07) is 6.16. The van der Waals surface area contributed by atoms with E-state index in [9.17, 15) is 9.18 Å². The lowest BCUT2D eigenvalue weighted by atomic mass is 9.89. The quantitative estimate of drug-likeness (QED) is 0.352. The highest BCUT2D eigenvalue weighted by Crippen LogP contribution is 2.35. The summed E-state index contributed by atoms with van der Waals surface area (Å²) >= 11 is 0. The van der Waals surface area contributed by atoms with Crippen LogP contribution in [0.5, 0.6) is 5.75 Å². The van der Waals surface area contributed by atoms with Crippen LogP contribution in [0.4, 0.5) is 10.2 Å². The fraction of sp³-hybridized carbons (Fsp3) is 0.308. The largest absolute Gasteiger partial charge is 0.482 e. The lowest BCUT2D eigenvalue weighted by Crippen LogP contribution is -2.23. The van der Waals surface area contributed by atoms with Gasteiger partial charge < -0.3 is 21.9 Å². The number of carbonyl (C=O) groups is 1. The molecule has 1 saturated carbocycles. The first-order valence-corrected chi connectivity index (χ1v) is 11.5. The van der Waals surface area contributed by atoms with Gasteiger partial charge >= 0.3 is 0 Å². The van der Waals surface area contributed by atoms with Gasteiger partial charge in [-0.3, -0.25) is 14.8 Å². The average Bonchev–Trinajstić information content (AvgIpc) is 2.81. The summed E-state index contributed by atoms with van der Waals surface area (Å²) < 4.78 is 20.4. The van der Waals surface area contributed by atoms with Crippen LogP contribution in [0.1, 0.15) is 55.4 Å². The van der Waals surface area contributed by atoms with E-state index in [1.54, 1.807) is 38.5 Å². The van der Waals surface area contributed by atoms with Crippen LogP contribution in [0.25, 0.3) is 5.70 Å². The molecule has 0 saturated heterocycles. The van der Waals surface area contributed by atoms with Crippen molar-refractivity contribution >= 4 is 29.7 Å². The van der Waals surface area contributed by atoms with Gasteiger partial charge in [-0.2, -0.15) is 0 Å². The number of ether oxygens (including phenoxy) is 1. The van der Waals surface area contributed by atoms with Crippen LogP contribution in [0.15, 0.2) is 57.3 Å². The van der Waals surface area contributed by atoms with E-state index in [1.807, 2.05) is 0 Å². The maximum Gasteiger partial charge on any atom is 0.166 e. The summed E-state index contributed by atoms with van der Waals surface area (Å²) in [6.45, 7) is 1.79. The number of hydrogen-bond donors (Lipinski definition) is 3. The predicted molar refractivity (Wildman–Crippen MR) is 136 cm³/mol. The van der Waals surface area contributed by atoms with Crippen molar-refractivity contribution in [3.8, 4) is 5.75 Å². The molecule has 182 valence electrons. The van der Waals surface area contributed by atoms with Crippen LogP contribution in [0.3, 0.4) is 0 Å². The molecule has 0 unspecified atom stereocenters. The van der Waals surface area contributed by atoms with Crippen LogP contribution in [-0.2, 0) is 4.79 Å². The van der Waals surface area contributed by atoms with E-state index in [1.165, 1.54) is 12.1 Å². The number of aromatic nitrogens is 1. The van der Waals surface area contributed by atoms with Gasteiger partial charge in [-0.1, -0.05) is 0 Å². The normalized spacial score (nSPS) is 23.6. The second kappa shape index (κ2) is 10.1. The van der Waals surface area contributed by atoms with Gasteiger partial charge in [-0.15, -0.1) is 0 Å². The van der Waals surface area contributed by atoms with Crippen LogP contribution < -0.4 is 21.9 Å². The third-order valence-electron chi connectivity index (χ3n) is 6.35. The molecule has 1 aliphatic heterocycles. The number of rotatable bonds is 3. The first-order chi connectivity index (χ1) is 16.8. The van der Waals surface area contributed by atoms with E-state index in [0.29, 0.717) is 51.3 Å². The van der Waals surface area contributed by atoms with Crippen molar-refractivity contribution in [3.63, 3.8) is 0 Å². The van der Waals surface area contributed by atoms with Crippen molar-refractivity contribution in [2.24, 2.45) is 21.5 Å². The predicted octanol–water partition coefficient (Wildman–Crippen LogP) is 3.47. The number of aldehydes is 1. The zero-order chi connectivity index (χ0) is 25.1. The molecule has 2 aliphatic rings. The lowest BCUT2D eigenvalue weighted by molar-refractivity contribution is -0.105. The number of nitrogens with zero attached hydrogens (tertiary/aromatic N) is 3. The zero-order valence-electron chi connectivity index (χ0n) is 19.8. The molecule has 1 fully saturated rings. The number of halogens is 1. The summed E-state index contributed by atoms with van der Waals surface area (Å²) in [5.41, 5.74) is 22.8. The number of aliphatic imine (C=N–C) groups is 2. The SMILES string of the molecule is CN=C/C1=C(\N)c2ccc(F)cc2[C@@H](C)Oc2cc(cnc2N)C(=NC2CCC2)/C(=C(\N)C=O)C1. The standard InChI is InChI=1S/C26H29FN6O2/c1-14-20-10-17(27)6-7-19(20)24(29)15(11-31-2)8-21(22(28)13-34)25(33-18-4-3-5-18)16-9-23(35-14)26(30)32-12-16/h6-7,9-14,18H,3-5,8,28-29H2,1-2H3,(H2,30,32)/b22-21-,24-15-,31-11?,33-25?/t14-/m1/s1. The third-order valence-corrected chi connectivity index (χ3v) is 6.35. The number of nitrogen functional groups attached to an aromatic ring is 1. The van der Waals surface area contributed by atoms with Crippen LogP contribution >= 0.6 is 0 Å². The van der Waals surface area contributed by atoms with Crippen molar-refractivity contribution < 1.29 is 13.9 Å².